The average Bonchev–Trinajstić information content (AvgIpc) is 2.75. The van der Waals surface area contributed by atoms with Gasteiger partial charge in [-0.25, -0.2) is 4.79 Å². The van der Waals surface area contributed by atoms with Crippen LogP contribution in [0.4, 0.5) is 0 Å². The normalized spacial score (nSPS) is 10.6. The fourth-order valence-electron chi connectivity index (χ4n) is 2.04. The van der Waals surface area contributed by atoms with Gasteiger partial charge in [-0.3, -0.25) is 0 Å². The summed E-state index contributed by atoms with van der Waals surface area (Å²) in [6, 6.07) is 7.17. The van der Waals surface area contributed by atoms with Crippen molar-refractivity contribution in [2.75, 3.05) is 6.61 Å². The fourth-order valence-corrected chi connectivity index (χ4v) is 2.41. The number of carbonyl (C=O) groups is 1. The van der Waals surface area contributed by atoms with Crippen LogP contribution in [0.5, 0.6) is 0 Å². The van der Waals surface area contributed by atoms with Crippen molar-refractivity contribution < 1.29 is 9.53 Å². The molecule has 20 heavy (non-hydrogen) atoms. The molecular formula is C15H15Cl2NO2. The molecule has 0 amide bonds. The molecule has 0 aliphatic heterocycles. The van der Waals surface area contributed by atoms with Gasteiger partial charge >= 0.3 is 5.97 Å². The van der Waals surface area contributed by atoms with Crippen LogP contribution < -0.4 is 0 Å². The maximum Gasteiger partial charge on any atom is 0.355 e. The second-order valence-electron chi connectivity index (χ2n) is 4.43. The Morgan fingerprint density at radius 2 is 2.05 bits per heavy atom. The quantitative estimate of drug-likeness (QED) is 0.787. The molecule has 1 aromatic carbocycles. The lowest BCUT2D eigenvalue weighted by atomic mass is 10.2. The van der Waals surface area contributed by atoms with Crippen molar-refractivity contribution in [1.82, 2.24) is 4.57 Å². The van der Waals surface area contributed by atoms with Gasteiger partial charge in [0.2, 0.25) is 0 Å². The third-order valence-corrected chi connectivity index (χ3v) is 3.59. The zero-order valence-electron chi connectivity index (χ0n) is 11.3. The van der Waals surface area contributed by atoms with Crippen LogP contribution in [0.1, 0.15) is 28.5 Å². The summed E-state index contributed by atoms with van der Waals surface area (Å²) in [4.78, 5) is 12.0. The molecule has 0 N–H and O–H groups in total. The average molecular weight is 312 g/mol. The van der Waals surface area contributed by atoms with Crippen molar-refractivity contribution in [2.45, 2.75) is 20.4 Å². The summed E-state index contributed by atoms with van der Waals surface area (Å²) in [5, 5.41) is 1.24. The molecule has 2 aromatic rings. The number of aryl methyl sites for hydroxylation is 1. The molecule has 0 unspecified atom stereocenters. The minimum atomic E-state index is -0.326. The molecule has 0 spiro atoms. The second kappa shape index (κ2) is 6.33. The first-order valence-electron chi connectivity index (χ1n) is 6.29. The van der Waals surface area contributed by atoms with Crippen LogP contribution in [0.2, 0.25) is 10.0 Å². The van der Waals surface area contributed by atoms with E-state index in [-0.39, 0.29) is 5.97 Å². The minimum absolute atomic E-state index is 0.326. The number of rotatable bonds is 4. The largest absolute Gasteiger partial charge is 0.461 e. The Balaban J connectivity index is 2.34. The molecule has 0 bridgehead atoms. The third kappa shape index (κ3) is 3.17. The first-order chi connectivity index (χ1) is 9.52. The van der Waals surface area contributed by atoms with Crippen molar-refractivity contribution in [3.8, 4) is 0 Å². The number of hydrogen-bond acceptors (Lipinski definition) is 2. The Morgan fingerprint density at radius 3 is 2.75 bits per heavy atom. The van der Waals surface area contributed by atoms with E-state index in [1.807, 2.05) is 23.8 Å². The molecule has 1 heterocycles. The van der Waals surface area contributed by atoms with Crippen molar-refractivity contribution in [3.05, 3.63) is 57.3 Å². The monoisotopic (exact) mass is 311 g/mol. The highest BCUT2D eigenvalue weighted by molar-refractivity contribution is 6.33. The molecule has 5 heteroatoms. The lowest BCUT2D eigenvalue weighted by Crippen LogP contribution is -2.13. The number of halogens is 2. The van der Waals surface area contributed by atoms with E-state index < -0.39 is 0 Å². The molecule has 0 saturated heterocycles. The number of hydrogen-bond donors (Lipinski definition) is 0. The fraction of sp³-hybridized carbons (Fsp3) is 0.267. The molecular weight excluding hydrogens is 297 g/mol. The third-order valence-electron chi connectivity index (χ3n) is 2.98. The maximum atomic E-state index is 12.0. The molecule has 0 aliphatic rings. The number of ether oxygens (including phenoxy) is 1. The van der Waals surface area contributed by atoms with Crippen molar-refractivity contribution in [3.63, 3.8) is 0 Å². The van der Waals surface area contributed by atoms with Gasteiger partial charge in [-0.15, -0.1) is 0 Å². The van der Waals surface area contributed by atoms with Crippen molar-refractivity contribution in [1.29, 1.82) is 0 Å². The molecule has 0 saturated carbocycles. The van der Waals surface area contributed by atoms with Crippen molar-refractivity contribution in [2.24, 2.45) is 0 Å². The molecule has 0 radical (unpaired) electrons. The van der Waals surface area contributed by atoms with Gasteiger partial charge in [0.15, 0.2) is 0 Å². The smallest absolute Gasteiger partial charge is 0.355 e. The Labute approximate surface area is 128 Å². The van der Waals surface area contributed by atoms with E-state index in [1.54, 1.807) is 25.1 Å². The van der Waals surface area contributed by atoms with E-state index in [9.17, 15) is 4.79 Å². The van der Waals surface area contributed by atoms with Gasteiger partial charge in [-0.2, -0.15) is 0 Å². The van der Waals surface area contributed by atoms with E-state index in [2.05, 4.69) is 0 Å². The summed E-state index contributed by atoms with van der Waals surface area (Å²) < 4.78 is 6.90. The summed E-state index contributed by atoms with van der Waals surface area (Å²) in [5.74, 6) is -0.326. The Bertz CT molecular complexity index is 635. The van der Waals surface area contributed by atoms with Gasteiger partial charge in [-0.05, 0) is 49.2 Å². The van der Waals surface area contributed by atoms with Crippen LogP contribution in [0.25, 0.3) is 0 Å². The van der Waals surface area contributed by atoms with E-state index >= 15 is 0 Å². The van der Waals surface area contributed by atoms with Crippen molar-refractivity contribution >= 4 is 29.2 Å². The lowest BCUT2D eigenvalue weighted by Gasteiger charge is -2.11. The van der Waals surface area contributed by atoms with Gasteiger partial charge in [0.1, 0.15) is 5.69 Å². The molecule has 2 rings (SSSR count). The van der Waals surface area contributed by atoms with Crippen LogP contribution in [0.15, 0.2) is 30.5 Å². The van der Waals surface area contributed by atoms with E-state index in [1.165, 1.54) is 0 Å². The number of benzene rings is 1. The van der Waals surface area contributed by atoms with Gasteiger partial charge in [-0.1, -0.05) is 23.2 Å². The summed E-state index contributed by atoms with van der Waals surface area (Å²) in [6.45, 7) is 4.49. The van der Waals surface area contributed by atoms with E-state index in [4.69, 9.17) is 27.9 Å². The highest BCUT2D eigenvalue weighted by Gasteiger charge is 2.16. The number of aromatic nitrogens is 1. The topological polar surface area (TPSA) is 31.2 Å². The summed E-state index contributed by atoms with van der Waals surface area (Å²) in [6.07, 6.45) is 1.85. The van der Waals surface area contributed by atoms with E-state index in [0.717, 1.165) is 11.1 Å². The van der Waals surface area contributed by atoms with Crippen LogP contribution in [0.3, 0.4) is 0 Å². The molecule has 3 nitrogen and oxygen atoms in total. The number of nitrogens with zero attached hydrogens (tertiary/aromatic N) is 1. The first kappa shape index (κ1) is 14.9. The van der Waals surface area contributed by atoms with Gasteiger partial charge in [0.05, 0.1) is 6.61 Å². The second-order valence-corrected chi connectivity index (χ2v) is 5.28. The molecule has 0 fully saturated rings. The maximum absolute atomic E-state index is 12.0. The molecule has 106 valence electrons. The number of esters is 1. The molecule has 0 atom stereocenters. The zero-order valence-corrected chi connectivity index (χ0v) is 12.8. The van der Waals surface area contributed by atoms with Gasteiger partial charge in [0, 0.05) is 22.8 Å². The predicted octanol–water partition coefficient (Wildman–Crippen LogP) is 4.33. The van der Waals surface area contributed by atoms with Crippen LogP contribution in [0, 0.1) is 6.92 Å². The van der Waals surface area contributed by atoms with Gasteiger partial charge in [0.25, 0.3) is 0 Å². The summed E-state index contributed by atoms with van der Waals surface area (Å²) in [5.41, 5.74) is 2.28. The standard InChI is InChI=1S/C15H15Cl2NO2/c1-3-20-15(19)14-10(2)6-7-18(14)9-11-8-12(16)4-5-13(11)17/h4-8H,3,9H2,1-2H3. The highest BCUT2D eigenvalue weighted by atomic mass is 35.5. The lowest BCUT2D eigenvalue weighted by molar-refractivity contribution is 0.0513. The molecule has 0 aliphatic carbocycles. The zero-order chi connectivity index (χ0) is 14.7. The number of carbonyl (C=O) groups excluding carboxylic acids is 1. The molecule has 1 aromatic heterocycles. The SMILES string of the molecule is CCOC(=O)c1c(C)ccn1Cc1cc(Cl)ccc1Cl. The Morgan fingerprint density at radius 1 is 1.30 bits per heavy atom. The first-order valence-corrected chi connectivity index (χ1v) is 7.05. The summed E-state index contributed by atoms with van der Waals surface area (Å²) >= 11 is 12.1. The minimum Gasteiger partial charge on any atom is -0.461 e. The Hall–Kier alpha value is -1.45. The highest BCUT2D eigenvalue weighted by Crippen LogP contribution is 2.23. The summed E-state index contributed by atoms with van der Waals surface area (Å²) in [7, 11) is 0. The Kier molecular flexibility index (Phi) is 4.73. The van der Waals surface area contributed by atoms with Crippen LogP contribution >= 0.6 is 23.2 Å². The van der Waals surface area contributed by atoms with Crippen LogP contribution in [-0.2, 0) is 11.3 Å². The van der Waals surface area contributed by atoms with E-state index in [0.29, 0.717) is 28.9 Å². The predicted molar refractivity (Wildman–Crippen MR) is 80.7 cm³/mol. The van der Waals surface area contributed by atoms with Gasteiger partial charge < -0.3 is 9.30 Å². The van der Waals surface area contributed by atoms with Crippen LogP contribution in [-0.4, -0.2) is 17.1 Å².